The van der Waals surface area contributed by atoms with Crippen molar-refractivity contribution in [2.75, 3.05) is 13.1 Å². The fraction of sp³-hybridized carbons (Fsp3) is 0.643. The Labute approximate surface area is 132 Å². The van der Waals surface area contributed by atoms with Crippen molar-refractivity contribution in [3.63, 3.8) is 0 Å². The molecule has 1 saturated heterocycles. The molecule has 6 heteroatoms. The summed E-state index contributed by atoms with van der Waals surface area (Å²) in [5.41, 5.74) is -0.420. The summed E-state index contributed by atoms with van der Waals surface area (Å²) in [4.78, 5) is 16.1. The molecule has 4 nitrogen and oxygen atoms in total. The molecular weight excluding hydrogens is 340 g/mol. The maximum absolute atomic E-state index is 11.8. The molecule has 0 saturated carbocycles. The third kappa shape index (κ3) is 4.20. The van der Waals surface area contributed by atoms with Crippen molar-refractivity contribution in [1.29, 1.82) is 0 Å². The minimum Gasteiger partial charge on any atom is -0.444 e. The van der Waals surface area contributed by atoms with E-state index in [1.165, 1.54) is 14.2 Å². The van der Waals surface area contributed by atoms with E-state index >= 15 is 0 Å². The smallest absolute Gasteiger partial charge is 0.410 e. The van der Waals surface area contributed by atoms with Gasteiger partial charge in [0.25, 0.3) is 0 Å². The van der Waals surface area contributed by atoms with Gasteiger partial charge in [-0.3, -0.25) is 0 Å². The van der Waals surface area contributed by atoms with Gasteiger partial charge < -0.3 is 15.0 Å². The summed E-state index contributed by atoms with van der Waals surface area (Å²) >= 11 is 5.32. The molecule has 0 aromatic carbocycles. The summed E-state index contributed by atoms with van der Waals surface area (Å²) in [6.07, 6.45) is -0.217. The average Bonchev–Trinajstić information content (AvgIpc) is 2.53. The number of thiophene rings is 1. The summed E-state index contributed by atoms with van der Waals surface area (Å²) in [5.74, 6) is 0. The van der Waals surface area contributed by atoms with Gasteiger partial charge in [-0.2, -0.15) is 0 Å². The molecule has 1 aliphatic heterocycles. The Kier molecular flexibility index (Phi) is 4.76. The lowest BCUT2D eigenvalue weighted by Crippen LogP contribution is -2.60. The lowest BCUT2D eigenvalue weighted by molar-refractivity contribution is 0.00521. The number of carbonyl (C=O) groups is 1. The van der Waals surface area contributed by atoms with Crippen LogP contribution in [0.2, 0.25) is 0 Å². The van der Waals surface area contributed by atoms with E-state index in [9.17, 15) is 4.79 Å². The van der Waals surface area contributed by atoms with Crippen molar-refractivity contribution in [1.82, 2.24) is 10.2 Å². The minimum atomic E-state index is -0.420. The summed E-state index contributed by atoms with van der Waals surface area (Å²) in [5, 5.41) is 3.46. The Morgan fingerprint density at radius 1 is 1.55 bits per heavy atom. The van der Waals surface area contributed by atoms with Gasteiger partial charge in [-0.15, -0.1) is 11.3 Å². The molecule has 1 aromatic heterocycles. The number of amides is 1. The number of nitrogens with zero attached hydrogens (tertiary/aromatic N) is 1. The molecule has 1 amide bonds. The summed E-state index contributed by atoms with van der Waals surface area (Å²) in [7, 11) is 0. The first kappa shape index (κ1) is 15.8. The van der Waals surface area contributed by atoms with Crippen LogP contribution in [0.5, 0.6) is 0 Å². The van der Waals surface area contributed by atoms with Crippen molar-refractivity contribution >= 4 is 33.4 Å². The zero-order valence-corrected chi connectivity index (χ0v) is 14.7. The van der Waals surface area contributed by atoms with E-state index in [0.717, 1.165) is 19.6 Å². The lowest BCUT2D eigenvalue weighted by Gasteiger charge is -2.40. The molecule has 0 unspecified atom stereocenters. The van der Waals surface area contributed by atoms with Crippen LogP contribution in [-0.2, 0) is 11.3 Å². The molecule has 2 rings (SSSR count). The van der Waals surface area contributed by atoms with Crippen LogP contribution in [0.25, 0.3) is 0 Å². The number of nitrogens with one attached hydrogen (secondary N) is 1. The normalized spacial score (nSPS) is 16.1. The largest absolute Gasteiger partial charge is 0.444 e. The molecule has 0 radical (unpaired) electrons. The van der Waals surface area contributed by atoms with Crippen LogP contribution in [0.3, 0.4) is 0 Å². The molecule has 0 spiro atoms. The van der Waals surface area contributed by atoms with Gasteiger partial charge in [0.15, 0.2) is 0 Å². The fourth-order valence-corrected chi connectivity index (χ4v) is 3.49. The van der Waals surface area contributed by atoms with Crippen LogP contribution in [-0.4, -0.2) is 35.7 Å². The van der Waals surface area contributed by atoms with Crippen molar-refractivity contribution in [2.24, 2.45) is 0 Å². The number of carbonyl (C=O) groups excluding carboxylic acids is 1. The van der Waals surface area contributed by atoms with Crippen molar-refractivity contribution in [3.05, 3.63) is 20.3 Å². The second-order valence-corrected chi connectivity index (χ2v) is 8.28. The molecule has 0 bridgehead atoms. The van der Waals surface area contributed by atoms with Gasteiger partial charge in [0.1, 0.15) is 5.60 Å². The zero-order valence-electron chi connectivity index (χ0n) is 12.3. The highest BCUT2D eigenvalue weighted by molar-refractivity contribution is 9.10. The molecule has 20 heavy (non-hydrogen) atoms. The van der Waals surface area contributed by atoms with Gasteiger partial charge in [-0.05, 0) is 49.7 Å². The van der Waals surface area contributed by atoms with Crippen LogP contribution in [0.1, 0.15) is 30.5 Å². The molecular formula is C14H21BrN2O2S. The second kappa shape index (κ2) is 6.03. The number of ether oxygens (including phenoxy) is 1. The van der Waals surface area contributed by atoms with Crippen LogP contribution in [0, 0.1) is 6.92 Å². The van der Waals surface area contributed by atoms with E-state index < -0.39 is 5.60 Å². The number of hydrogen-bond acceptors (Lipinski definition) is 4. The highest BCUT2D eigenvalue weighted by Gasteiger charge is 2.33. The van der Waals surface area contributed by atoms with Gasteiger partial charge in [-0.25, -0.2) is 4.79 Å². The van der Waals surface area contributed by atoms with Gasteiger partial charge in [0.05, 0.1) is 0 Å². The minimum absolute atomic E-state index is 0.217. The van der Waals surface area contributed by atoms with Gasteiger partial charge in [-0.1, -0.05) is 0 Å². The SMILES string of the molecule is Cc1sc(CNC2CN(C(=O)OC(C)(C)C)C2)cc1Br. The van der Waals surface area contributed by atoms with Gasteiger partial charge >= 0.3 is 6.09 Å². The standard InChI is InChI=1S/C14H21BrN2O2S/c1-9-12(15)5-11(20-9)6-16-10-7-17(8-10)13(18)19-14(2,3)4/h5,10,16H,6-8H2,1-4H3. The molecule has 1 aromatic rings. The van der Waals surface area contributed by atoms with E-state index in [0.29, 0.717) is 6.04 Å². The first-order valence-corrected chi connectivity index (χ1v) is 8.31. The van der Waals surface area contributed by atoms with Crippen LogP contribution in [0.4, 0.5) is 4.79 Å². The Hall–Kier alpha value is -0.590. The monoisotopic (exact) mass is 360 g/mol. The highest BCUT2D eigenvalue weighted by atomic mass is 79.9. The molecule has 0 atom stereocenters. The number of hydrogen-bond donors (Lipinski definition) is 1. The molecule has 1 N–H and O–H groups in total. The van der Waals surface area contributed by atoms with Crippen LogP contribution < -0.4 is 5.32 Å². The van der Waals surface area contributed by atoms with E-state index in [2.05, 4.69) is 34.2 Å². The van der Waals surface area contributed by atoms with Gasteiger partial charge in [0, 0.05) is 39.9 Å². The quantitative estimate of drug-likeness (QED) is 0.896. The zero-order chi connectivity index (χ0) is 14.9. The van der Waals surface area contributed by atoms with E-state index in [1.807, 2.05) is 20.8 Å². The number of rotatable bonds is 3. The Morgan fingerprint density at radius 2 is 2.20 bits per heavy atom. The van der Waals surface area contributed by atoms with E-state index in [4.69, 9.17) is 4.74 Å². The summed E-state index contributed by atoms with van der Waals surface area (Å²) in [6, 6.07) is 2.51. The summed E-state index contributed by atoms with van der Waals surface area (Å²) < 4.78 is 6.50. The van der Waals surface area contributed by atoms with Crippen molar-refractivity contribution < 1.29 is 9.53 Å². The van der Waals surface area contributed by atoms with Crippen LogP contribution >= 0.6 is 27.3 Å². The first-order valence-electron chi connectivity index (χ1n) is 6.71. The Morgan fingerprint density at radius 3 is 2.70 bits per heavy atom. The molecule has 112 valence electrons. The van der Waals surface area contributed by atoms with Crippen LogP contribution in [0.15, 0.2) is 10.5 Å². The van der Waals surface area contributed by atoms with E-state index in [1.54, 1.807) is 16.2 Å². The third-order valence-corrected chi connectivity index (χ3v) is 5.14. The number of aryl methyl sites for hydroxylation is 1. The number of likely N-dealkylation sites (tertiary alicyclic amines) is 1. The Balaban J connectivity index is 1.70. The maximum atomic E-state index is 11.8. The molecule has 2 heterocycles. The second-order valence-electron chi connectivity index (χ2n) is 6.08. The number of halogens is 1. The third-order valence-electron chi connectivity index (χ3n) is 3.01. The highest BCUT2D eigenvalue weighted by Crippen LogP contribution is 2.26. The topological polar surface area (TPSA) is 41.6 Å². The van der Waals surface area contributed by atoms with Crippen molar-refractivity contribution in [3.8, 4) is 0 Å². The lowest BCUT2D eigenvalue weighted by atomic mass is 10.1. The van der Waals surface area contributed by atoms with Gasteiger partial charge in [0.2, 0.25) is 0 Å². The fourth-order valence-electron chi connectivity index (χ4n) is 1.93. The molecule has 1 fully saturated rings. The summed E-state index contributed by atoms with van der Waals surface area (Å²) in [6.45, 7) is 10.1. The molecule has 1 aliphatic rings. The van der Waals surface area contributed by atoms with E-state index in [-0.39, 0.29) is 6.09 Å². The first-order chi connectivity index (χ1) is 9.24. The van der Waals surface area contributed by atoms with Crippen molar-refractivity contribution in [2.45, 2.75) is 45.9 Å². The maximum Gasteiger partial charge on any atom is 0.410 e. The average molecular weight is 361 g/mol. The predicted molar refractivity (Wildman–Crippen MR) is 85.2 cm³/mol. The predicted octanol–water partition coefficient (Wildman–Crippen LogP) is 3.53. The Bertz CT molecular complexity index is 470. The molecule has 0 aliphatic carbocycles.